The van der Waals surface area contributed by atoms with E-state index in [1.54, 1.807) is 18.5 Å². The normalized spacial score (nSPS) is 12.4. The van der Waals surface area contributed by atoms with Crippen LogP contribution in [0, 0.1) is 11.6 Å². The van der Waals surface area contributed by atoms with Crippen molar-refractivity contribution in [1.29, 1.82) is 0 Å². The monoisotopic (exact) mass is 248 g/mol. The van der Waals surface area contributed by atoms with Crippen LogP contribution in [0.25, 0.3) is 0 Å². The molecule has 0 spiro atoms. The number of rotatable bonds is 4. The molecular weight excluding hydrogens is 234 g/mol. The fourth-order valence-corrected chi connectivity index (χ4v) is 1.87. The van der Waals surface area contributed by atoms with Crippen LogP contribution in [0.1, 0.15) is 17.2 Å². The topological polar surface area (TPSA) is 24.9 Å². The van der Waals surface area contributed by atoms with Crippen molar-refractivity contribution in [2.45, 2.75) is 12.5 Å². The summed E-state index contributed by atoms with van der Waals surface area (Å²) >= 11 is 0. The summed E-state index contributed by atoms with van der Waals surface area (Å²) in [6.07, 6.45) is 4.05. The number of likely N-dealkylation sites (N-methyl/N-ethyl adjacent to an activating group) is 1. The third kappa shape index (κ3) is 2.90. The molecule has 0 radical (unpaired) electrons. The molecule has 1 N–H and O–H groups in total. The fraction of sp³-hybridized carbons (Fsp3) is 0.214. The highest BCUT2D eigenvalue weighted by Gasteiger charge is 2.11. The Morgan fingerprint density at radius 1 is 1.22 bits per heavy atom. The van der Waals surface area contributed by atoms with E-state index < -0.39 is 11.6 Å². The van der Waals surface area contributed by atoms with Crippen molar-refractivity contribution in [1.82, 2.24) is 10.3 Å². The molecule has 1 aromatic carbocycles. The molecule has 1 aromatic heterocycles. The van der Waals surface area contributed by atoms with Crippen molar-refractivity contribution in [3.63, 3.8) is 0 Å². The Labute approximate surface area is 105 Å². The van der Waals surface area contributed by atoms with E-state index in [-0.39, 0.29) is 6.04 Å². The van der Waals surface area contributed by atoms with E-state index in [1.165, 1.54) is 6.07 Å². The van der Waals surface area contributed by atoms with Crippen LogP contribution in [0.5, 0.6) is 0 Å². The fourth-order valence-electron chi connectivity index (χ4n) is 1.87. The lowest BCUT2D eigenvalue weighted by Crippen LogP contribution is -2.19. The quantitative estimate of drug-likeness (QED) is 0.900. The summed E-state index contributed by atoms with van der Waals surface area (Å²) in [5, 5.41) is 3.14. The lowest BCUT2D eigenvalue weighted by molar-refractivity contribution is 0.504. The van der Waals surface area contributed by atoms with Gasteiger partial charge in [-0.05, 0) is 42.8 Å². The predicted molar refractivity (Wildman–Crippen MR) is 66.1 cm³/mol. The number of nitrogens with one attached hydrogen (secondary N) is 1. The second kappa shape index (κ2) is 5.69. The summed E-state index contributed by atoms with van der Waals surface area (Å²) in [6.45, 7) is 0. The number of nitrogens with zero attached hydrogens (tertiary/aromatic N) is 1. The number of halogens is 2. The number of benzene rings is 1. The first-order valence-corrected chi connectivity index (χ1v) is 5.72. The zero-order valence-corrected chi connectivity index (χ0v) is 10.0. The highest BCUT2D eigenvalue weighted by molar-refractivity contribution is 5.22. The van der Waals surface area contributed by atoms with Crippen LogP contribution in [0.3, 0.4) is 0 Å². The lowest BCUT2D eigenvalue weighted by Gasteiger charge is -2.16. The van der Waals surface area contributed by atoms with Gasteiger partial charge in [-0.3, -0.25) is 4.98 Å². The number of pyridine rings is 1. The first-order chi connectivity index (χ1) is 8.70. The third-order valence-corrected chi connectivity index (χ3v) is 2.86. The standard InChI is InChI=1S/C14H14F2N2/c1-17-14(11-3-2-6-18-9-11)8-10-4-5-12(15)13(16)7-10/h2-7,9,14,17H,8H2,1H3. The molecule has 1 unspecified atom stereocenters. The highest BCUT2D eigenvalue weighted by atomic mass is 19.2. The Hall–Kier alpha value is -1.81. The average molecular weight is 248 g/mol. The van der Waals surface area contributed by atoms with Gasteiger partial charge in [-0.25, -0.2) is 8.78 Å². The first-order valence-electron chi connectivity index (χ1n) is 5.72. The molecule has 1 heterocycles. The van der Waals surface area contributed by atoms with E-state index >= 15 is 0 Å². The molecule has 0 aliphatic heterocycles. The number of hydrogen-bond acceptors (Lipinski definition) is 2. The van der Waals surface area contributed by atoms with Gasteiger partial charge in [0.2, 0.25) is 0 Å². The van der Waals surface area contributed by atoms with Crippen molar-refractivity contribution in [3.05, 3.63) is 65.5 Å². The van der Waals surface area contributed by atoms with Crippen LogP contribution in [-0.2, 0) is 6.42 Å². The Balaban J connectivity index is 2.18. The van der Waals surface area contributed by atoms with E-state index in [0.717, 1.165) is 17.2 Å². The molecule has 18 heavy (non-hydrogen) atoms. The van der Waals surface area contributed by atoms with Crippen LogP contribution < -0.4 is 5.32 Å². The molecule has 94 valence electrons. The van der Waals surface area contributed by atoms with Gasteiger partial charge in [-0.1, -0.05) is 12.1 Å². The van der Waals surface area contributed by atoms with Gasteiger partial charge in [-0.15, -0.1) is 0 Å². The average Bonchev–Trinajstić information content (AvgIpc) is 2.41. The van der Waals surface area contributed by atoms with E-state index in [1.807, 2.05) is 19.2 Å². The van der Waals surface area contributed by atoms with Gasteiger partial charge in [0.15, 0.2) is 11.6 Å². The molecule has 2 aromatic rings. The summed E-state index contributed by atoms with van der Waals surface area (Å²) in [6, 6.07) is 7.82. The largest absolute Gasteiger partial charge is 0.313 e. The molecule has 0 aliphatic rings. The molecule has 0 aliphatic carbocycles. The maximum absolute atomic E-state index is 13.1. The summed E-state index contributed by atoms with van der Waals surface area (Å²) in [5.74, 6) is -1.63. The Morgan fingerprint density at radius 2 is 2.06 bits per heavy atom. The van der Waals surface area contributed by atoms with Gasteiger partial charge < -0.3 is 5.32 Å². The van der Waals surface area contributed by atoms with Crippen LogP contribution in [0.15, 0.2) is 42.7 Å². The molecule has 1 atom stereocenters. The second-order valence-corrected chi connectivity index (χ2v) is 4.08. The van der Waals surface area contributed by atoms with Gasteiger partial charge in [-0.2, -0.15) is 0 Å². The molecule has 2 nitrogen and oxygen atoms in total. The van der Waals surface area contributed by atoms with E-state index in [9.17, 15) is 8.78 Å². The van der Waals surface area contributed by atoms with Crippen molar-refractivity contribution < 1.29 is 8.78 Å². The minimum atomic E-state index is -0.818. The maximum Gasteiger partial charge on any atom is 0.159 e. The van der Waals surface area contributed by atoms with E-state index in [4.69, 9.17) is 0 Å². The zero-order chi connectivity index (χ0) is 13.0. The van der Waals surface area contributed by atoms with Gasteiger partial charge in [0.05, 0.1) is 0 Å². The van der Waals surface area contributed by atoms with Crippen LogP contribution in [-0.4, -0.2) is 12.0 Å². The van der Waals surface area contributed by atoms with Crippen molar-refractivity contribution in [2.75, 3.05) is 7.05 Å². The lowest BCUT2D eigenvalue weighted by atomic mass is 10.0. The van der Waals surface area contributed by atoms with Crippen LogP contribution in [0.4, 0.5) is 8.78 Å². The molecule has 0 fully saturated rings. The molecule has 0 saturated carbocycles. The summed E-state index contributed by atoms with van der Waals surface area (Å²) in [5.41, 5.74) is 1.77. The van der Waals surface area contributed by atoms with Crippen molar-refractivity contribution >= 4 is 0 Å². The summed E-state index contributed by atoms with van der Waals surface area (Å²) in [4.78, 5) is 4.05. The Morgan fingerprint density at radius 3 is 2.67 bits per heavy atom. The Bertz CT molecular complexity index is 514. The zero-order valence-electron chi connectivity index (χ0n) is 10.0. The Kier molecular flexibility index (Phi) is 3.99. The molecule has 0 bridgehead atoms. The van der Waals surface area contributed by atoms with Crippen molar-refractivity contribution in [3.8, 4) is 0 Å². The molecule has 2 rings (SSSR count). The number of aromatic nitrogens is 1. The second-order valence-electron chi connectivity index (χ2n) is 4.08. The van der Waals surface area contributed by atoms with Crippen LogP contribution in [0.2, 0.25) is 0 Å². The maximum atomic E-state index is 13.1. The minimum Gasteiger partial charge on any atom is -0.313 e. The van der Waals surface area contributed by atoms with E-state index in [0.29, 0.717) is 6.42 Å². The first kappa shape index (κ1) is 12.6. The highest BCUT2D eigenvalue weighted by Crippen LogP contribution is 2.18. The van der Waals surface area contributed by atoms with E-state index in [2.05, 4.69) is 10.3 Å². The smallest absolute Gasteiger partial charge is 0.159 e. The van der Waals surface area contributed by atoms with Gasteiger partial charge in [0.25, 0.3) is 0 Å². The third-order valence-electron chi connectivity index (χ3n) is 2.86. The van der Waals surface area contributed by atoms with Gasteiger partial charge in [0.1, 0.15) is 0 Å². The predicted octanol–water partition coefficient (Wildman–Crippen LogP) is 2.86. The summed E-state index contributed by atoms with van der Waals surface area (Å²) < 4.78 is 26.0. The van der Waals surface area contributed by atoms with Gasteiger partial charge >= 0.3 is 0 Å². The molecular formula is C14H14F2N2. The number of hydrogen-bond donors (Lipinski definition) is 1. The van der Waals surface area contributed by atoms with Crippen molar-refractivity contribution in [2.24, 2.45) is 0 Å². The van der Waals surface area contributed by atoms with Crippen LogP contribution >= 0.6 is 0 Å². The molecule has 4 heteroatoms. The summed E-state index contributed by atoms with van der Waals surface area (Å²) in [7, 11) is 1.83. The SMILES string of the molecule is CNC(Cc1ccc(F)c(F)c1)c1cccnc1. The molecule has 0 saturated heterocycles. The minimum absolute atomic E-state index is 0.0311. The van der Waals surface area contributed by atoms with Gasteiger partial charge in [0, 0.05) is 18.4 Å². The molecule has 0 amide bonds.